The molecule has 0 aliphatic carbocycles. The number of amides is 2. The Bertz CT molecular complexity index is 1150. The van der Waals surface area contributed by atoms with Gasteiger partial charge in [-0.3, -0.25) is 18.9 Å². The molecule has 5 N–H and O–H groups in total. The Morgan fingerprint density at radius 1 is 1.13 bits per heavy atom. The number of anilines is 1. The van der Waals surface area contributed by atoms with Crippen LogP contribution in [0, 0.1) is 0 Å². The van der Waals surface area contributed by atoms with Crippen LogP contribution in [0.2, 0.25) is 0 Å². The Kier molecular flexibility index (Phi) is 12.5. The lowest BCUT2D eigenvalue weighted by atomic mass is 10.2. The lowest BCUT2D eigenvalue weighted by Crippen LogP contribution is -2.55. The second kappa shape index (κ2) is 15.3. The van der Waals surface area contributed by atoms with Gasteiger partial charge in [0.05, 0.1) is 6.16 Å². The van der Waals surface area contributed by atoms with E-state index in [0.717, 1.165) is 12.8 Å². The van der Waals surface area contributed by atoms with Crippen molar-refractivity contribution < 1.29 is 33.8 Å². The van der Waals surface area contributed by atoms with Gasteiger partial charge in [-0.15, -0.1) is 0 Å². The van der Waals surface area contributed by atoms with Crippen molar-refractivity contribution in [3.05, 3.63) is 42.1 Å². The van der Waals surface area contributed by atoms with Gasteiger partial charge in [0.15, 0.2) is 5.82 Å². The van der Waals surface area contributed by atoms with E-state index < -0.39 is 37.6 Å². The summed E-state index contributed by atoms with van der Waals surface area (Å²) in [5, 5.41) is 13.6. The minimum atomic E-state index is -4.58. The van der Waals surface area contributed by atoms with E-state index >= 15 is 0 Å². The van der Waals surface area contributed by atoms with Gasteiger partial charge in [0.2, 0.25) is 5.91 Å². The molecule has 2 heterocycles. The van der Waals surface area contributed by atoms with Crippen molar-refractivity contribution in [2.24, 2.45) is 0 Å². The zero-order chi connectivity index (χ0) is 29.0. The van der Waals surface area contributed by atoms with Gasteiger partial charge in [0, 0.05) is 58.3 Å². The molecule has 2 amide bonds. The number of hydrogen-bond donors (Lipinski definition) is 5. The van der Waals surface area contributed by atoms with Gasteiger partial charge in [0.1, 0.15) is 17.6 Å². The molecule has 1 aromatic carbocycles. The summed E-state index contributed by atoms with van der Waals surface area (Å²) in [5.74, 6) is -1.14. The largest absolute Gasteiger partial charge is 0.481 e. The maximum absolute atomic E-state index is 13.0. The summed E-state index contributed by atoms with van der Waals surface area (Å²) in [6.07, 6.45) is 1.29. The lowest BCUT2D eigenvalue weighted by molar-refractivity contribution is -0.137. The molecule has 1 aliphatic rings. The van der Waals surface area contributed by atoms with E-state index in [1.54, 1.807) is 31.1 Å². The Morgan fingerprint density at radius 2 is 1.77 bits per heavy atom. The van der Waals surface area contributed by atoms with Crippen LogP contribution in [-0.4, -0.2) is 100 Å². The van der Waals surface area contributed by atoms with Crippen LogP contribution in [-0.2, 0) is 14.2 Å². The third kappa shape index (κ3) is 11.1. The van der Waals surface area contributed by atoms with E-state index in [9.17, 15) is 28.7 Å². The molecule has 1 unspecified atom stereocenters. The fourth-order valence-electron chi connectivity index (χ4n) is 3.59. The number of nitrogens with zero attached hydrogens (tertiary/aromatic N) is 4. The molecule has 1 aromatic heterocycles. The molecule has 13 nitrogen and oxygen atoms in total. The molecule has 0 radical (unpaired) electrons. The Hall–Kier alpha value is -3.38. The first-order valence-electron chi connectivity index (χ1n) is 12.6. The summed E-state index contributed by atoms with van der Waals surface area (Å²) in [5.41, 5.74) is 0.695. The van der Waals surface area contributed by atoms with Crippen LogP contribution in [0.15, 0.2) is 36.4 Å². The van der Waals surface area contributed by atoms with Gasteiger partial charge in [-0.25, -0.2) is 9.97 Å². The number of carbonyl (C=O) groups excluding carboxylic acids is 2. The normalized spacial score (nSPS) is 14.0. The van der Waals surface area contributed by atoms with Crippen molar-refractivity contribution in [3.8, 4) is 11.4 Å². The van der Waals surface area contributed by atoms with Crippen LogP contribution in [0.4, 0.5) is 5.82 Å². The van der Waals surface area contributed by atoms with Crippen molar-refractivity contribution in [3.63, 3.8) is 0 Å². The molecule has 0 bridgehead atoms. The van der Waals surface area contributed by atoms with Gasteiger partial charge in [-0.05, 0) is 6.42 Å². The highest BCUT2D eigenvalue weighted by Gasteiger charge is 2.33. The molecule has 1 saturated heterocycles. The number of carbonyl (C=O) groups is 3. The average Bonchev–Trinajstić information content (AvgIpc) is 2.91. The fourth-order valence-corrected chi connectivity index (χ4v) is 4.31. The highest BCUT2D eigenvalue weighted by atomic mass is 31.2. The minimum absolute atomic E-state index is 0.00799. The van der Waals surface area contributed by atoms with E-state index in [-0.39, 0.29) is 5.69 Å². The zero-order valence-electron chi connectivity index (χ0n) is 22.4. The summed E-state index contributed by atoms with van der Waals surface area (Å²) in [7, 11) is -1.04. The predicted molar refractivity (Wildman–Crippen MR) is 147 cm³/mol. The van der Waals surface area contributed by atoms with E-state index in [1.165, 1.54) is 11.0 Å². The van der Waals surface area contributed by atoms with Crippen molar-refractivity contribution in [1.82, 2.24) is 25.5 Å². The average molecular weight is 565 g/mol. The number of unbranched alkanes of at least 4 members (excludes halogenated alkanes) is 1. The highest BCUT2D eigenvalue weighted by Crippen LogP contribution is 2.35. The minimum Gasteiger partial charge on any atom is -0.481 e. The lowest BCUT2D eigenvalue weighted by Gasteiger charge is -2.31. The molecule has 214 valence electrons. The number of aliphatic carboxylic acids is 1. The van der Waals surface area contributed by atoms with Crippen LogP contribution in [0.25, 0.3) is 11.4 Å². The first-order valence-corrected chi connectivity index (χ1v) is 14.4. The molecule has 39 heavy (non-hydrogen) atoms. The second-order valence-electron chi connectivity index (χ2n) is 9.14. The van der Waals surface area contributed by atoms with Crippen LogP contribution >= 0.6 is 7.60 Å². The second-order valence-corrected chi connectivity index (χ2v) is 10.8. The molecule has 1 atom stereocenters. The first-order chi connectivity index (χ1) is 18.4. The summed E-state index contributed by atoms with van der Waals surface area (Å²) >= 11 is 0. The molecule has 3 rings (SSSR count). The van der Waals surface area contributed by atoms with Crippen molar-refractivity contribution in [2.75, 3.05) is 51.3 Å². The van der Waals surface area contributed by atoms with Crippen molar-refractivity contribution >= 4 is 31.2 Å². The predicted octanol–water partition coefficient (Wildman–Crippen LogP) is 1.18. The van der Waals surface area contributed by atoms with Crippen LogP contribution in [0.3, 0.4) is 0 Å². The molecule has 0 spiro atoms. The van der Waals surface area contributed by atoms with Gasteiger partial charge in [0.25, 0.3) is 5.91 Å². The highest BCUT2D eigenvalue weighted by molar-refractivity contribution is 7.51. The summed E-state index contributed by atoms with van der Waals surface area (Å²) < 4.78 is 11.7. The van der Waals surface area contributed by atoms with E-state index in [2.05, 4.69) is 20.6 Å². The number of nitrogens with one attached hydrogen (secondary N) is 2. The number of rotatable bonds is 10. The summed E-state index contributed by atoms with van der Waals surface area (Å²) in [6, 6.07) is 9.19. The molecule has 1 aliphatic heterocycles. The van der Waals surface area contributed by atoms with E-state index in [1.807, 2.05) is 25.1 Å². The van der Waals surface area contributed by atoms with Crippen LogP contribution in [0.1, 0.15) is 36.7 Å². The van der Waals surface area contributed by atoms with E-state index in [0.29, 0.717) is 49.8 Å². The number of carboxylic acids is 1. The third-order valence-corrected chi connectivity index (χ3v) is 6.47. The van der Waals surface area contributed by atoms with Gasteiger partial charge in [-0.1, -0.05) is 43.7 Å². The molecule has 0 saturated carbocycles. The molecule has 14 heteroatoms. The van der Waals surface area contributed by atoms with Gasteiger partial charge >= 0.3 is 13.6 Å². The first kappa shape index (κ1) is 31.8. The van der Waals surface area contributed by atoms with Gasteiger partial charge < -0.3 is 35.3 Å². The Labute approximate surface area is 227 Å². The van der Waals surface area contributed by atoms with E-state index in [4.69, 9.17) is 5.11 Å². The maximum atomic E-state index is 13.0. The molecular weight excluding hydrogens is 527 g/mol. The summed E-state index contributed by atoms with van der Waals surface area (Å²) in [4.78, 5) is 66.6. The van der Waals surface area contributed by atoms with Crippen molar-refractivity contribution in [2.45, 2.75) is 32.2 Å². The summed E-state index contributed by atoms with van der Waals surface area (Å²) in [6.45, 7) is 3.90. The van der Waals surface area contributed by atoms with Crippen LogP contribution in [0.5, 0.6) is 0 Å². The zero-order valence-corrected chi connectivity index (χ0v) is 23.3. The van der Waals surface area contributed by atoms with Gasteiger partial charge in [-0.2, -0.15) is 0 Å². The topological polar surface area (TPSA) is 185 Å². The third-order valence-electron chi connectivity index (χ3n) is 5.63. The molecule has 1 fully saturated rings. The Morgan fingerprint density at radius 3 is 2.28 bits per heavy atom. The van der Waals surface area contributed by atoms with Crippen LogP contribution < -0.4 is 15.5 Å². The SMILES string of the molecule is CCCCC(=O)O.CN(C)c1cc(C(=O)NC(CP(=O)(O)O)C(=O)N2CCNCC2)nc(-c2ccccc2)n1. The number of hydrogen-bond acceptors (Lipinski definition) is 8. The number of aromatic nitrogens is 2. The molecular formula is C25H37N6O7P. The standard InChI is InChI=1S/C20H27N6O5P.C5H10O2/c1-25(2)17-12-15(22-18(24-17)14-6-4-3-5-7-14)19(27)23-16(13-32(29,30)31)20(28)26-10-8-21-9-11-26;1-2-3-4-5(6)7/h3-7,12,16,21H,8-11,13H2,1-2H3,(H,23,27)(H2,29,30,31);2-4H2,1H3,(H,6,7). The monoisotopic (exact) mass is 564 g/mol. The smallest absolute Gasteiger partial charge is 0.328 e. The quantitative estimate of drug-likeness (QED) is 0.261. The molecule has 2 aromatic rings. The number of carboxylic acid groups (broad SMARTS) is 1. The Balaban J connectivity index is 0.000000673. The fraction of sp³-hybridized carbons (Fsp3) is 0.480. The van der Waals surface area contributed by atoms with Crippen molar-refractivity contribution in [1.29, 1.82) is 0 Å². The number of piperazine rings is 1. The number of benzene rings is 1. The maximum Gasteiger partial charge on any atom is 0.328 e.